The lowest BCUT2D eigenvalue weighted by molar-refractivity contribution is -0.121. The van der Waals surface area contributed by atoms with Crippen molar-refractivity contribution in [3.05, 3.63) is 70.3 Å². The van der Waals surface area contributed by atoms with Crippen molar-refractivity contribution >= 4 is 22.8 Å². The Bertz CT molecular complexity index is 1100. The number of rotatable bonds is 7. The molecule has 1 amide bonds. The zero-order chi connectivity index (χ0) is 21.6. The van der Waals surface area contributed by atoms with Crippen LogP contribution in [0.5, 0.6) is 0 Å². The van der Waals surface area contributed by atoms with E-state index in [9.17, 15) is 14.0 Å². The van der Waals surface area contributed by atoms with Gasteiger partial charge < -0.3 is 14.8 Å². The largest absolute Gasteiger partial charge is 0.356 e. The second-order valence-electron chi connectivity index (χ2n) is 7.91. The predicted molar refractivity (Wildman–Crippen MR) is 120 cm³/mol. The van der Waals surface area contributed by atoms with Gasteiger partial charge in [0.1, 0.15) is 5.82 Å². The van der Waals surface area contributed by atoms with Gasteiger partial charge in [-0.25, -0.2) is 9.37 Å². The fourth-order valence-electron chi connectivity index (χ4n) is 4.01. The minimum absolute atomic E-state index is 0.116. The van der Waals surface area contributed by atoms with Gasteiger partial charge in [-0.05, 0) is 55.5 Å². The quantitative estimate of drug-likeness (QED) is 0.635. The minimum Gasteiger partial charge on any atom is -0.356 e. The molecular formula is C24H27FN4O2. The van der Waals surface area contributed by atoms with Gasteiger partial charge in [0.15, 0.2) is 5.82 Å². The summed E-state index contributed by atoms with van der Waals surface area (Å²) >= 11 is 0. The zero-order valence-electron chi connectivity index (χ0n) is 17.5. The average Bonchev–Trinajstić information content (AvgIpc) is 2.80. The Morgan fingerprint density at radius 3 is 2.55 bits per heavy atom. The number of fused-ring (bicyclic) bond motifs is 1. The maximum Gasteiger partial charge on any atom is 0.294 e. The molecule has 2 aromatic carbocycles. The van der Waals surface area contributed by atoms with Crippen molar-refractivity contribution < 1.29 is 9.18 Å². The van der Waals surface area contributed by atoms with Crippen molar-refractivity contribution in [2.24, 2.45) is 0 Å². The first-order valence-electron chi connectivity index (χ1n) is 10.9. The van der Waals surface area contributed by atoms with Crippen LogP contribution in [0.2, 0.25) is 0 Å². The zero-order valence-corrected chi connectivity index (χ0v) is 17.5. The Labute approximate surface area is 180 Å². The van der Waals surface area contributed by atoms with E-state index in [2.05, 4.69) is 15.2 Å². The highest BCUT2D eigenvalue weighted by molar-refractivity contribution is 5.78. The van der Waals surface area contributed by atoms with Gasteiger partial charge >= 0.3 is 0 Å². The van der Waals surface area contributed by atoms with Crippen LogP contribution in [-0.4, -0.2) is 35.1 Å². The van der Waals surface area contributed by atoms with Crippen LogP contribution in [0.3, 0.4) is 0 Å². The van der Waals surface area contributed by atoms with Crippen molar-refractivity contribution in [2.45, 2.75) is 38.6 Å². The maximum atomic E-state index is 13.2. The van der Waals surface area contributed by atoms with Crippen LogP contribution in [0.25, 0.3) is 11.0 Å². The number of hydrogen-bond donors (Lipinski definition) is 1. The SMILES string of the molecule is O=C(CCn1c(=O)c(N2CCCCC2)nc2ccccc21)NCCc1ccc(F)cc1. The van der Waals surface area contributed by atoms with E-state index in [1.165, 1.54) is 18.6 Å². The summed E-state index contributed by atoms with van der Waals surface area (Å²) in [6.07, 6.45) is 4.13. The molecule has 1 fully saturated rings. The second-order valence-corrected chi connectivity index (χ2v) is 7.91. The molecule has 0 aliphatic carbocycles. The summed E-state index contributed by atoms with van der Waals surface area (Å²) in [5, 5.41) is 2.89. The van der Waals surface area contributed by atoms with Crippen molar-refractivity contribution in [3.63, 3.8) is 0 Å². The number of benzene rings is 2. The highest BCUT2D eigenvalue weighted by Crippen LogP contribution is 2.18. The van der Waals surface area contributed by atoms with Crippen LogP contribution in [0.4, 0.5) is 10.2 Å². The minimum atomic E-state index is -0.272. The number of hydrogen-bond acceptors (Lipinski definition) is 4. The Balaban J connectivity index is 1.44. The summed E-state index contributed by atoms with van der Waals surface area (Å²) in [5.74, 6) is 0.0938. The van der Waals surface area contributed by atoms with E-state index in [0.29, 0.717) is 25.3 Å². The first kappa shape index (κ1) is 21.0. The summed E-state index contributed by atoms with van der Waals surface area (Å²) < 4.78 is 14.7. The summed E-state index contributed by atoms with van der Waals surface area (Å²) in [6.45, 7) is 2.44. The van der Waals surface area contributed by atoms with Crippen LogP contribution in [0.15, 0.2) is 53.3 Å². The number of nitrogens with one attached hydrogen (secondary N) is 1. The van der Waals surface area contributed by atoms with E-state index in [4.69, 9.17) is 0 Å². The van der Waals surface area contributed by atoms with Gasteiger partial charge in [0.05, 0.1) is 11.0 Å². The lowest BCUT2D eigenvalue weighted by Crippen LogP contribution is -2.37. The van der Waals surface area contributed by atoms with Crippen LogP contribution in [0.1, 0.15) is 31.2 Å². The molecule has 31 heavy (non-hydrogen) atoms. The third-order valence-electron chi connectivity index (χ3n) is 5.70. The maximum absolute atomic E-state index is 13.2. The van der Waals surface area contributed by atoms with E-state index in [-0.39, 0.29) is 23.7 Å². The second kappa shape index (κ2) is 9.73. The molecular weight excluding hydrogens is 395 g/mol. The normalized spacial score (nSPS) is 14.0. The number of aromatic nitrogens is 2. The molecule has 162 valence electrons. The van der Waals surface area contributed by atoms with E-state index in [0.717, 1.165) is 42.5 Å². The predicted octanol–water partition coefficient (Wildman–Crippen LogP) is 3.27. The molecule has 1 N–H and O–H groups in total. The first-order valence-corrected chi connectivity index (χ1v) is 10.9. The van der Waals surface area contributed by atoms with Gasteiger partial charge in [-0.1, -0.05) is 24.3 Å². The van der Waals surface area contributed by atoms with Gasteiger partial charge in [-0.2, -0.15) is 0 Å². The van der Waals surface area contributed by atoms with Crippen molar-refractivity contribution in [1.29, 1.82) is 0 Å². The highest BCUT2D eigenvalue weighted by Gasteiger charge is 2.19. The monoisotopic (exact) mass is 422 g/mol. The molecule has 1 aromatic heterocycles. The molecule has 1 aliphatic heterocycles. The summed E-state index contributed by atoms with van der Waals surface area (Å²) in [4.78, 5) is 32.3. The average molecular weight is 423 g/mol. The smallest absolute Gasteiger partial charge is 0.294 e. The summed E-state index contributed by atoms with van der Waals surface area (Å²) in [6, 6.07) is 13.8. The molecule has 2 heterocycles. The van der Waals surface area contributed by atoms with Gasteiger partial charge in [0.2, 0.25) is 5.91 Å². The molecule has 0 unspecified atom stereocenters. The Morgan fingerprint density at radius 1 is 1.03 bits per heavy atom. The summed E-state index contributed by atoms with van der Waals surface area (Å²) in [5.41, 5.74) is 2.33. The topological polar surface area (TPSA) is 67.2 Å². The number of anilines is 1. The lowest BCUT2D eigenvalue weighted by atomic mass is 10.1. The molecule has 1 saturated heterocycles. The molecule has 1 aliphatic rings. The number of para-hydroxylation sites is 2. The number of nitrogens with zero attached hydrogens (tertiary/aromatic N) is 3. The van der Waals surface area contributed by atoms with Crippen LogP contribution in [0, 0.1) is 5.82 Å². The number of piperidine rings is 1. The Hall–Kier alpha value is -3.22. The molecule has 0 atom stereocenters. The van der Waals surface area contributed by atoms with Crippen molar-refractivity contribution in [2.75, 3.05) is 24.5 Å². The number of carbonyl (C=O) groups excluding carboxylic acids is 1. The number of aryl methyl sites for hydroxylation is 1. The molecule has 0 saturated carbocycles. The van der Waals surface area contributed by atoms with Crippen molar-refractivity contribution in [3.8, 4) is 0 Å². The molecule has 0 spiro atoms. The van der Waals surface area contributed by atoms with Crippen LogP contribution < -0.4 is 15.8 Å². The number of carbonyl (C=O) groups is 1. The Morgan fingerprint density at radius 2 is 1.77 bits per heavy atom. The van der Waals surface area contributed by atoms with E-state index in [1.807, 2.05) is 24.3 Å². The fourth-order valence-corrected chi connectivity index (χ4v) is 4.01. The van der Waals surface area contributed by atoms with Crippen LogP contribution in [-0.2, 0) is 17.8 Å². The molecule has 7 heteroatoms. The standard InChI is InChI=1S/C24H27FN4O2/c25-19-10-8-18(9-11-19)12-14-26-22(30)13-17-29-21-7-3-2-6-20(21)27-23(24(29)31)28-15-4-1-5-16-28/h2-3,6-11H,1,4-5,12-17H2,(H,26,30). The Kier molecular flexibility index (Phi) is 6.60. The molecule has 6 nitrogen and oxygen atoms in total. The number of halogens is 1. The molecule has 0 bridgehead atoms. The highest BCUT2D eigenvalue weighted by atomic mass is 19.1. The number of amides is 1. The van der Waals surface area contributed by atoms with E-state index >= 15 is 0 Å². The van der Waals surface area contributed by atoms with Crippen LogP contribution >= 0.6 is 0 Å². The van der Waals surface area contributed by atoms with E-state index < -0.39 is 0 Å². The lowest BCUT2D eigenvalue weighted by Gasteiger charge is -2.27. The van der Waals surface area contributed by atoms with E-state index in [1.54, 1.807) is 16.7 Å². The van der Waals surface area contributed by atoms with Gasteiger partial charge in [0, 0.05) is 32.6 Å². The van der Waals surface area contributed by atoms with Gasteiger partial charge in [-0.3, -0.25) is 9.59 Å². The molecule has 3 aromatic rings. The van der Waals surface area contributed by atoms with Crippen molar-refractivity contribution in [1.82, 2.24) is 14.9 Å². The molecule has 4 rings (SSSR count). The first-order chi connectivity index (χ1) is 15.1. The third-order valence-corrected chi connectivity index (χ3v) is 5.70. The summed E-state index contributed by atoms with van der Waals surface area (Å²) in [7, 11) is 0. The third kappa shape index (κ3) is 5.10. The van der Waals surface area contributed by atoms with Gasteiger partial charge in [-0.15, -0.1) is 0 Å². The fraction of sp³-hybridized carbons (Fsp3) is 0.375. The van der Waals surface area contributed by atoms with Gasteiger partial charge in [0.25, 0.3) is 5.56 Å². The molecule has 0 radical (unpaired) electrons.